The molecule has 1 saturated carbocycles. The normalized spacial score (nSPS) is 16.1. The molecule has 0 radical (unpaired) electrons. The van der Waals surface area contributed by atoms with E-state index in [1.54, 1.807) is 0 Å². The van der Waals surface area contributed by atoms with Gasteiger partial charge >= 0.3 is 10.3 Å². The molecule has 0 bridgehead atoms. The standard InChI is InChI=1S/C25H33NO4S/c1-17(2)21-15-10-16-22(18(3)4)24(21)26(31(28,29)30)25(27)23(20-13-8-9-14-20)19-11-6-5-7-12-19/h5-7,10-12,15-18,20,23H,8-9,13-14H2,1-4H3,(H,28,29,30). The highest BCUT2D eigenvalue weighted by Crippen LogP contribution is 2.42. The van der Waals surface area contributed by atoms with Crippen molar-refractivity contribution in [3.05, 3.63) is 65.2 Å². The van der Waals surface area contributed by atoms with E-state index in [2.05, 4.69) is 0 Å². The molecule has 1 amide bonds. The molecule has 6 heteroatoms. The number of amides is 1. The Balaban J connectivity index is 2.23. The van der Waals surface area contributed by atoms with Crippen molar-refractivity contribution in [2.75, 3.05) is 4.31 Å². The van der Waals surface area contributed by atoms with Crippen molar-refractivity contribution in [3.8, 4) is 0 Å². The van der Waals surface area contributed by atoms with Crippen LogP contribution in [0.1, 0.15) is 87.8 Å². The topological polar surface area (TPSA) is 74.7 Å². The molecule has 5 nitrogen and oxygen atoms in total. The number of anilines is 1. The summed E-state index contributed by atoms with van der Waals surface area (Å²) in [6.45, 7) is 7.84. The summed E-state index contributed by atoms with van der Waals surface area (Å²) in [5.41, 5.74) is 2.56. The van der Waals surface area contributed by atoms with Gasteiger partial charge in [0.1, 0.15) is 0 Å². The lowest BCUT2D eigenvalue weighted by Crippen LogP contribution is -2.42. The van der Waals surface area contributed by atoms with Crippen LogP contribution in [0.25, 0.3) is 0 Å². The van der Waals surface area contributed by atoms with Crippen LogP contribution < -0.4 is 4.31 Å². The molecule has 0 saturated heterocycles. The molecule has 0 heterocycles. The van der Waals surface area contributed by atoms with Crippen LogP contribution >= 0.6 is 0 Å². The maximum Gasteiger partial charge on any atom is 0.366 e. The van der Waals surface area contributed by atoms with E-state index in [1.165, 1.54) is 0 Å². The highest BCUT2D eigenvalue weighted by atomic mass is 32.2. The van der Waals surface area contributed by atoms with Crippen LogP contribution in [0, 0.1) is 5.92 Å². The molecule has 31 heavy (non-hydrogen) atoms. The highest BCUT2D eigenvalue weighted by Gasteiger charge is 2.41. The Morgan fingerprint density at radius 2 is 1.42 bits per heavy atom. The van der Waals surface area contributed by atoms with E-state index in [0.717, 1.165) is 42.4 Å². The van der Waals surface area contributed by atoms with E-state index in [9.17, 15) is 17.8 Å². The minimum Gasteiger partial charge on any atom is -0.273 e. The van der Waals surface area contributed by atoms with Crippen LogP contribution in [0.2, 0.25) is 0 Å². The molecule has 1 N–H and O–H groups in total. The molecule has 1 atom stereocenters. The van der Waals surface area contributed by atoms with Crippen LogP contribution in [-0.2, 0) is 15.1 Å². The van der Waals surface area contributed by atoms with Gasteiger partial charge in [-0.25, -0.2) is 0 Å². The zero-order valence-corrected chi connectivity index (χ0v) is 19.6. The molecule has 2 aromatic rings. The van der Waals surface area contributed by atoms with Crippen molar-refractivity contribution in [1.82, 2.24) is 0 Å². The van der Waals surface area contributed by atoms with Gasteiger partial charge in [-0.2, -0.15) is 12.7 Å². The molecular formula is C25H33NO4S. The number of benzene rings is 2. The maximum atomic E-state index is 14.0. The van der Waals surface area contributed by atoms with E-state index in [-0.39, 0.29) is 17.8 Å². The molecule has 1 aliphatic rings. The number of carbonyl (C=O) groups is 1. The lowest BCUT2D eigenvalue weighted by Gasteiger charge is -2.32. The fourth-order valence-electron chi connectivity index (χ4n) is 4.78. The Morgan fingerprint density at radius 3 is 1.87 bits per heavy atom. The molecular weight excluding hydrogens is 410 g/mol. The summed E-state index contributed by atoms with van der Waals surface area (Å²) >= 11 is 0. The van der Waals surface area contributed by atoms with Gasteiger partial charge in [0.15, 0.2) is 0 Å². The quantitative estimate of drug-likeness (QED) is 0.529. The van der Waals surface area contributed by atoms with Crippen LogP contribution in [0.3, 0.4) is 0 Å². The first-order valence-corrected chi connectivity index (χ1v) is 12.5. The third-order valence-corrected chi connectivity index (χ3v) is 7.10. The lowest BCUT2D eigenvalue weighted by molar-refractivity contribution is -0.120. The molecule has 1 aliphatic carbocycles. The van der Waals surface area contributed by atoms with Crippen molar-refractivity contribution in [2.24, 2.45) is 5.92 Å². The Labute approximate surface area is 186 Å². The Bertz CT molecular complexity index is 983. The maximum absolute atomic E-state index is 14.0. The zero-order valence-electron chi connectivity index (χ0n) is 18.8. The van der Waals surface area contributed by atoms with E-state index >= 15 is 0 Å². The first kappa shape index (κ1) is 23.5. The third kappa shape index (κ3) is 5.01. The number of carbonyl (C=O) groups excluding carboxylic acids is 1. The minimum absolute atomic E-state index is 0.0209. The van der Waals surface area contributed by atoms with Gasteiger partial charge in [-0.1, -0.05) is 89.1 Å². The van der Waals surface area contributed by atoms with Crippen LogP contribution in [0.5, 0.6) is 0 Å². The molecule has 168 valence electrons. The summed E-state index contributed by atoms with van der Waals surface area (Å²) in [5.74, 6) is -1.19. The average molecular weight is 444 g/mol. The number of nitrogens with zero attached hydrogens (tertiary/aromatic N) is 1. The van der Waals surface area contributed by atoms with Crippen molar-refractivity contribution in [3.63, 3.8) is 0 Å². The first-order chi connectivity index (χ1) is 14.6. The van der Waals surface area contributed by atoms with Gasteiger partial charge in [-0.15, -0.1) is 0 Å². The van der Waals surface area contributed by atoms with Gasteiger partial charge in [0, 0.05) is 0 Å². The second kappa shape index (κ2) is 9.53. The van der Waals surface area contributed by atoms with Crippen LogP contribution in [0.15, 0.2) is 48.5 Å². The average Bonchev–Trinajstić information content (AvgIpc) is 3.22. The lowest BCUT2D eigenvalue weighted by atomic mass is 9.83. The second-order valence-electron chi connectivity index (χ2n) is 9.11. The summed E-state index contributed by atoms with van der Waals surface area (Å²) < 4.78 is 36.5. The van der Waals surface area contributed by atoms with Crippen molar-refractivity contribution in [1.29, 1.82) is 0 Å². The summed E-state index contributed by atoms with van der Waals surface area (Å²) in [4.78, 5) is 14.0. The molecule has 1 unspecified atom stereocenters. The summed E-state index contributed by atoms with van der Waals surface area (Å²) in [6, 6.07) is 14.9. The van der Waals surface area contributed by atoms with Gasteiger partial charge in [0.25, 0.3) is 0 Å². The number of hydrogen-bond donors (Lipinski definition) is 1. The fraction of sp³-hybridized carbons (Fsp3) is 0.480. The molecule has 0 aliphatic heterocycles. The number of para-hydroxylation sites is 1. The predicted octanol–water partition coefficient (Wildman–Crippen LogP) is 6.04. The van der Waals surface area contributed by atoms with E-state index < -0.39 is 22.1 Å². The monoisotopic (exact) mass is 443 g/mol. The van der Waals surface area contributed by atoms with Gasteiger partial charge in [-0.05, 0) is 47.3 Å². The van der Waals surface area contributed by atoms with Crippen LogP contribution in [-0.4, -0.2) is 18.9 Å². The Hall–Kier alpha value is -2.18. The molecule has 3 rings (SSSR count). The van der Waals surface area contributed by atoms with Gasteiger partial charge < -0.3 is 0 Å². The Morgan fingerprint density at radius 1 is 0.903 bits per heavy atom. The predicted molar refractivity (Wildman–Crippen MR) is 125 cm³/mol. The van der Waals surface area contributed by atoms with Gasteiger partial charge in [0.05, 0.1) is 11.6 Å². The van der Waals surface area contributed by atoms with Crippen molar-refractivity contribution in [2.45, 2.75) is 71.1 Å². The van der Waals surface area contributed by atoms with E-state index in [1.807, 2.05) is 76.2 Å². The molecule has 2 aromatic carbocycles. The van der Waals surface area contributed by atoms with Gasteiger partial charge in [0.2, 0.25) is 5.91 Å². The van der Waals surface area contributed by atoms with E-state index in [0.29, 0.717) is 9.99 Å². The molecule has 0 spiro atoms. The smallest absolute Gasteiger partial charge is 0.273 e. The Kier molecular flexibility index (Phi) is 7.22. The molecule has 1 fully saturated rings. The van der Waals surface area contributed by atoms with E-state index in [4.69, 9.17) is 0 Å². The number of rotatable bonds is 7. The molecule has 0 aromatic heterocycles. The summed E-state index contributed by atoms with van der Waals surface area (Å²) in [7, 11) is -4.83. The van der Waals surface area contributed by atoms with Crippen LogP contribution in [0.4, 0.5) is 5.69 Å². The van der Waals surface area contributed by atoms with Crippen molar-refractivity contribution >= 4 is 21.9 Å². The zero-order chi connectivity index (χ0) is 22.8. The highest BCUT2D eigenvalue weighted by molar-refractivity contribution is 7.88. The second-order valence-corrected chi connectivity index (χ2v) is 10.4. The largest absolute Gasteiger partial charge is 0.366 e. The third-order valence-electron chi connectivity index (χ3n) is 6.27. The first-order valence-electron chi connectivity index (χ1n) is 11.1. The fourth-order valence-corrected chi connectivity index (χ4v) is 5.56. The summed E-state index contributed by atoms with van der Waals surface area (Å²) in [5, 5.41) is 0. The summed E-state index contributed by atoms with van der Waals surface area (Å²) in [6.07, 6.45) is 3.78. The SMILES string of the molecule is CC(C)c1cccc(C(C)C)c1N(C(=O)C(c1ccccc1)C1CCCC1)S(=O)(=O)O. The van der Waals surface area contributed by atoms with Gasteiger partial charge in [-0.3, -0.25) is 9.35 Å². The van der Waals surface area contributed by atoms with Crippen molar-refractivity contribution < 1.29 is 17.8 Å². The minimum atomic E-state index is -4.83. The number of hydrogen-bond acceptors (Lipinski definition) is 3.